The van der Waals surface area contributed by atoms with Crippen molar-refractivity contribution in [1.29, 1.82) is 0 Å². The van der Waals surface area contributed by atoms with E-state index in [4.69, 9.17) is 0 Å². The second kappa shape index (κ2) is 7.75. The summed E-state index contributed by atoms with van der Waals surface area (Å²) in [5, 5.41) is 18.3. The van der Waals surface area contributed by atoms with E-state index in [0.29, 0.717) is 16.5 Å². The predicted molar refractivity (Wildman–Crippen MR) is 103 cm³/mol. The summed E-state index contributed by atoms with van der Waals surface area (Å²) in [6.45, 7) is 1.44. The topological polar surface area (TPSA) is 114 Å². The van der Waals surface area contributed by atoms with Gasteiger partial charge in [-0.1, -0.05) is 18.2 Å². The van der Waals surface area contributed by atoms with E-state index >= 15 is 0 Å². The van der Waals surface area contributed by atoms with E-state index in [2.05, 4.69) is 15.6 Å². The molecule has 2 aromatic carbocycles. The van der Waals surface area contributed by atoms with Crippen molar-refractivity contribution >= 4 is 39.7 Å². The Labute approximate surface area is 158 Å². The number of nitro groups is 1. The lowest BCUT2D eigenvalue weighted by Crippen LogP contribution is -2.11. The van der Waals surface area contributed by atoms with Gasteiger partial charge in [-0.2, -0.15) is 0 Å². The Morgan fingerprint density at radius 3 is 2.52 bits per heavy atom. The number of aromatic nitrogens is 1. The molecule has 1 heterocycles. The molecule has 2 amide bonds. The summed E-state index contributed by atoms with van der Waals surface area (Å²) in [4.78, 5) is 37.9. The first-order valence-electron chi connectivity index (χ1n) is 7.82. The molecule has 9 heteroatoms. The van der Waals surface area contributed by atoms with Crippen molar-refractivity contribution in [3.63, 3.8) is 0 Å². The maximum absolute atomic E-state index is 12.3. The SMILES string of the molecule is CC(=O)Nc1ccc(-c2csc(NC(=O)c3cccc([N+](=O)[O-])c3)n2)cc1. The van der Waals surface area contributed by atoms with Crippen LogP contribution in [-0.4, -0.2) is 21.7 Å². The van der Waals surface area contributed by atoms with Gasteiger partial charge in [0.15, 0.2) is 5.13 Å². The number of rotatable bonds is 5. The molecule has 3 rings (SSSR count). The molecule has 136 valence electrons. The molecular formula is C18H14N4O4S. The lowest BCUT2D eigenvalue weighted by atomic mass is 10.1. The Balaban J connectivity index is 1.72. The van der Waals surface area contributed by atoms with Gasteiger partial charge >= 0.3 is 0 Å². The number of nitrogens with zero attached hydrogens (tertiary/aromatic N) is 2. The highest BCUT2D eigenvalue weighted by Gasteiger charge is 2.13. The van der Waals surface area contributed by atoms with Crippen molar-refractivity contribution in [2.75, 3.05) is 10.6 Å². The molecule has 0 saturated carbocycles. The number of carbonyl (C=O) groups excluding carboxylic acids is 2. The minimum atomic E-state index is -0.553. The zero-order chi connectivity index (χ0) is 19.4. The standard InChI is InChI=1S/C18H14N4O4S/c1-11(23)19-14-7-5-12(6-8-14)16-10-27-18(20-16)21-17(24)13-3-2-4-15(9-13)22(25)26/h2-10H,1H3,(H,19,23)(H,20,21,24). The number of nitro benzene ring substituents is 1. The molecule has 0 radical (unpaired) electrons. The van der Waals surface area contributed by atoms with Crippen molar-refractivity contribution in [3.05, 3.63) is 69.6 Å². The fourth-order valence-corrected chi connectivity index (χ4v) is 3.04. The molecular weight excluding hydrogens is 368 g/mol. The lowest BCUT2D eigenvalue weighted by molar-refractivity contribution is -0.384. The third-order valence-corrected chi connectivity index (χ3v) is 4.30. The zero-order valence-corrected chi connectivity index (χ0v) is 14.9. The third-order valence-electron chi connectivity index (χ3n) is 3.54. The van der Waals surface area contributed by atoms with E-state index in [9.17, 15) is 19.7 Å². The van der Waals surface area contributed by atoms with Crippen molar-refractivity contribution in [2.45, 2.75) is 6.92 Å². The molecule has 27 heavy (non-hydrogen) atoms. The minimum absolute atomic E-state index is 0.150. The highest BCUT2D eigenvalue weighted by atomic mass is 32.1. The molecule has 0 aliphatic rings. The fourth-order valence-electron chi connectivity index (χ4n) is 2.32. The number of hydrogen-bond acceptors (Lipinski definition) is 6. The van der Waals surface area contributed by atoms with E-state index in [1.54, 1.807) is 17.5 Å². The van der Waals surface area contributed by atoms with Crippen molar-refractivity contribution < 1.29 is 14.5 Å². The largest absolute Gasteiger partial charge is 0.326 e. The zero-order valence-electron chi connectivity index (χ0n) is 14.1. The number of amides is 2. The fraction of sp³-hybridized carbons (Fsp3) is 0.0556. The second-order valence-corrected chi connectivity index (χ2v) is 6.42. The number of carbonyl (C=O) groups is 2. The van der Waals surface area contributed by atoms with Crippen LogP contribution in [0.3, 0.4) is 0 Å². The minimum Gasteiger partial charge on any atom is -0.326 e. The molecule has 0 aliphatic heterocycles. The molecule has 0 unspecified atom stereocenters. The van der Waals surface area contributed by atoms with Crippen molar-refractivity contribution in [3.8, 4) is 11.3 Å². The van der Waals surface area contributed by atoms with Gasteiger partial charge in [0.2, 0.25) is 5.91 Å². The van der Waals surface area contributed by atoms with Crippen LogP contribution in [-0.2, 0) is 4.79 Å². The number of thiazole rings is 1. The van der Waals surface area contributed by atoms with Crippen LogP contribution in [0.5, 0.6) is 0 Å². The van der Waals surface area contributed by atoms with E-state index in [0.717, 1.165) is 5.56 Å². The summed E-state index contributed by atoms with van der Waals surface area (Å²) in [5.41, 5.74) is 2.21. The smallest absolute Gasteiger partial charge is 0.270 e. The summed E-state index contributed by atoms with van der Waals surface area (Å²) in [6, 6.07) is 12.6. The van der Waals surface area contributed by atoms with Gasteiger partial charge in [0.05, 0.1) is 10.6 Å². The summed E-state index contributed by atoms with van der Waals surface area (Å²) >= 11 is 1.25. The van der Waals surface area contributed by atoms with Crippen LogP contribution >= 0.6 is 11.3 Å². The highest BCUT2D eigenvalue weighted by molar-refractivity contribution is 7.14. The molecule has 0 fully saturated rings. The number of non-ortho nitro benzene ring substituents is 1. The van der Waals surface area contributed by atoms with Crippen LogP contribution in [0.2, 0.25) is 0 Å². The van der Waals surface area contributed by atoms with Crippen LogP contribution < -0.4 is 10.6 Å². The average Bonchev–Trinajstić information content (AvgIpc) is 3.10. The molecule has 2 N–H and O–H groups in total. The van der Waals surface area contributed by atoms with Gasteiger partial charge in [0.25, 0.3) is 11.6 Å². The van der Waals surface area contributed by atoms with Crippen molar-refractivity contribution in [1.82, 2.24) is 4.98 Å². The predicted octanol–water partition coefficient (Wildman–Crippen LogP) is 3.93. The highest BCUT2D eigenvalue weighted by Crippen LogP contribution is 2.26. The van der Waals surface area contributed by atoms with Gasteiger partial charge in [-0.25, -0.2) is 4.98 Å². The maximum Gasteiger partial charge on any atom is 0.270 e. The molecule has 1 aromatic heterocycles. The first-order chi connectivity index (χ1) is 12.9. The molecule has 8 nitrogen and oxygen atoms in total. The van der Waals surface area contributed by atoms with Gasteiger partial charge < -0.3 is 5.32 Å². The van der Waals surface area contributed by atoms with Crippen molar-refractivity contribution in [2.24, 2.45) is 0 Å². The Kier molecular flexibility index (Phi) is 5.23. The maximum atomic E-state index is 12.3. The van der Waals surface area contributed by atoms with Crippen LogP contribution in [0, 0.1) is 10.1 Å². The Morgan fingerprint density at radius 2 is 1.85 bits per heavy atom. The van der Waals surface area contributed by atoms with Crippen LogP contribution in [0.1, 0.15) is 17.3 Å². The van der Waals surface area contributed by atoms with E-state index in [1.807, 2.05) is 12.1 Å². The summed E-state index contributed by atoms with van der Waals surface area (Å²) in [7, 11) is 0. The Bertz CT molecular complexity index is 1010. The molecule has 3 aromatic rings. The summed E-state index contributed by atoms with van der Waals surface area (Å²) in [6.07, 6.45) is 0. The first-order valence-corrected chi connectivity index (χ1v) is 8.70. The second-order valence-electron chi connectivity index (χ2n) is 5.56. The molecule has 0 aliphatic carbocycles. The Morgan fingerprint density at radius 1 is 1.11 bits per heavy atom. The van der Waals surface area contributed by atoms with Gasteiger partial charge in [-0.3, -0.25) is 25.0 Å². The first kappa shape index (κ1) is 18.2. The van der Waals surface area contributed by atoms with E-state index in [-0.39, 0.29) is 17.2 Å². The van der Waals surface area contributed by atoms with Gasteiger partial charge in [-0.15, -0.1) is 11.3 Å². The number of anilines is 2. The molecule has 0 spiro atoms. The number of benzene rings is 2. The van der Waals surface area contributed by atoms with Crippen LogP contribution in [0.4, 0.5) is 16.5 Å². The summed E-state index contributed by atoms with van der Waals surface area (Å²) in [5.74, 6) is -0.622. The third kappa shape index (κ3) is 4.53. The number of hydrogen-bond donors (Lipinski definition) is 2. The van der Waals surface area contributed by atoms with Crippen LogP contribution in [0.15, 0.2) is 53.9 Å². The lowest BCUT2D eigenvalue weighted by Gasteiger charge is -2.03. The Hall–Kier alpha value is -3.59. The van der Waals surface area contributed by atoms with Gasteiger partial charge in [0.1, 0.15) is 0 Å². The molecule has 0 atom stereocenters. The van der Waals surface area contributed by atoms with Gasteiger partial charge in [-0.05, 0) is 18.2 Å². The normalized spacial score (nSPS) is 10.3. The monoisotopic (exact) mass is 382 g/mol. The van der Waals surface area contributed by atoms with Crippen LogP contribution in [0.25, 0.3) is 11.3 Å². The number of nitrogens with one attached hydrogen (secondary N) is 2. The van der Waals surface area contributed by atoms with E-state index < -0.39 is 10.8 Å². The average molecular weight is 382 g/mol. The quantitative estimate of drug-likeness (QED) is 0.512. The summed E-state index contributed by atoms with van der Waals surface area (Å²) < 4.78 is 0. The molecule has 0 bridgehead atoms. The molecule has 0 saturated heterocycles. The van der Waals surface area contributed by atoms with Gasteiger partial charge in [0, 0.05) is 41.3 Å². The van der Waals surface area contributed by atoms with E-state index in [1.165, 1.54) is 42.5 Å².